The molecule has 1 aliphatic heterocycles. The van der Waals surface area contributed by atoms with Crippen LogP contribution in [0.25, 0.3) is 0 Å². The zero-order valence-corrected chi connectivity index (χ0v) is 14.9. The molecule has 9 heteroatoms. The highest BCUT2D eigenvalue weighted by Gasteiger charge is 2.16. The Labute approximate surface area is 151 Å². The average molecular weight is 377 g/mol. The van der Waals surface area contributed by atoms with E-state index in [0.717, 1.165) is 5.56 Å². The number of amides is 1. The number of hydrogen-bond donors (Lipinski definition) is 3. The van der Waals surface area contributed by atoms with Crippen LogP contribution in [-0.2, 0) is 21.4 Å². The van der Waals surface area contributed by atoms with Crippen LogP contribution in [0.4, 0.5) is 5.69 Å². The highest BCUT2D eigenvalue weighted by Crippen LogP contribution is 2.32. The van der Waals surface area contributed by atoms with Gasteiger partial charge in [-0.15, -0.1) is 0 Å². The number of benzene rings is 2. The summed E-state index contributed by atoms with van der Waals surface area (Å²) >= 11 is 0. The van der Waals surface area contributed by atoms with Crippen molar-refractivity contribution >= 4 is 21.6 Å². The van der Waals surface area contributed by atoms with Crippen molar-refractivity contribution in [1.29, 1.82) is 0 Å². The van der Waals surface area contributed by atoms with Gasteiger partial charge in [0.15, 0.2) is 11.5 Å². The molecule has 0 aromatic heterocycles. The van der Waals surface area contributed by atoms with Crippen LogP contribution in [0.2, 0.25) is 0 Å². The van der Waals surface area contributed by atoms with E-state index in [-0.39, 0.29) is 17.6 Å². The van der Waals surface area contributed by atoms with Gasteiger partial charge in [-0.3, -0.25) is 4.79 Å². The standard InChI is InChI=1S/C17H19N3O5S/c1-11(20-13-3-2-4-14(8-13)26(18,22)23)17(21)19-9-12-5-6-15-16(7-12)25-10-24-15/h2-8,11,20H,9-10H2,1H3,(H,19,21)(H2,18,22,23). The van der Waals surface area contributed by atoms with E-state index in [2.05, 4.69) is 10.6 Å². The van der Waals surface area contributed by atoms with Crippen molar-refractivity contribution in [3.05, 3.63) is 48.0 Å². The average Bonchev–Trinajstić information content (AvgIpc) is 3.06. The molecule has 0 aliphatic carbocycles. The lowest BCUT2D eigenvalue weighted by molar-refractivity contribution is -0.121. The van der Waals surface area contributed by atoms with E-state index in [1.807, 2.05) is 12.1 Å². The number of primary sulfonamides is 1. The van der Waals surface area contributed by atoms with Gasteiger partial charge in [0.05, 0.1) is 4.90 Å². The van der Waals surface area contributed by atoms with Gasteiger partial charge in [0, 0.05) is 12.2 Å². The maximum atomic E-state index is 12.3. The molecule has 1 unspecified atom stereocenters. The number of ether oxygens (including phenoxy) is 2. The SMILES string of the molecule is CC(Nc1cccc(S(N)(=O)=O)c1)C(=O)NCc1ccc2c(c1)OCO2. The summed E-state index contributed by atoms with van der Waals surface area (Å²) in [6.45, 7) is 2.21. The molecule has 1 aliphatic rings. The van der Waals surface area contributed by atoms with Gasteiger partial charge in [-0.2, -0.15) is 0 Å². The fraction of sp³-hybridized carbons (Fsp3) is 0.235. The second kappa shape index (κ2) is 7.22. The zero-order chi connectivity index (χ0) is 18.7. The highest BCUT2D eigenvalue weighted by atomic mass is 32.2. The summed E-state index contributed by atoms with van der Waals surface area (Å²) in [6, 6.07) is 10.9. The Kier molecular flexibility index (Phi) is 5.01. The Morgan fingerprint density at radius 3 is 2.73 bits per heavy atom. The first-order valence-electron chi connectivity index (χ1n) is 7.88. The third-order valence-electron chi connectivity index (χ3n) is 3.84. The van der Waals surface area contributed by atoms with E-state index in [0.29, 0.717) is 23.7 Å². The summed E-state index contributed by atoms with van der Waals surface area (Å²) in [5, 5.41) is 10.9. The number of anilines is 1. The normalized spacial score (nSPS) is 13.9. The number of rotatable bonds is 6. The molecule has 0 bridgehead atoms. The van der Waals surface area contributed by atoms with Crippen LogP contribution in [0, 0.1) is 0 Å². The number of sulfonamides is 1. The van der Waals surface area contributed by atoms with Crippen molar-refractivity contribution in [2.75, 3.05) is 12.1 Å². The summed E-state index contributed by atoms with van der Waals surface area (Å²) in [5.41, 5.74) is 1.37. The lowest BCUT2D eigenvalue weighted by Gasteiger charge is -2.16. The third kappa shape index (κ3) is 4.24. The van der Waals surface area contributed by atoms with Gasteiger partial charge in [-0.05, 0) is 42.8 Å². The summed E-state index contributed by atoms with van der Waals surface area (Å²) in [5.74, 6) is 1.11. The van der Waals surface area contributed by atoms with E-state index in [1.54, 1.807) is 25.1 Å². The highest BCUT2D eigenvalue weighted by molar-refractivity contribution is 7.89. The van der Waals surface area contributed by atoms with Crippen molar-refractivity contribution in [1.82, 2.24) is 5.32 Å². The number of hydrogen-bond acceptors (Lipinski definition) is 6. The minimum Gasteiger partial charge on any atom is -0.454 e. The van der Waals surface area contributed by atoms with E-state index >= 15 is 0 Å². The molecule has 1 atom stereocenters. The number of fused-ring (bicyclic) bond motifs is 1. The van der Waals surface area contributed by atoms with Crippen LogP contribution in [0.5, 0.6) is 11.5 Å². The Morgan fingerprint density at radius 2 is 1.96 bits per heavy atom. The lowest BCUT2D eigenvalue weighted by atomic mass is 10.2. The minimum atomic E-state index is -3.80. The topological polar surface area (TPSA) is 120 Å². The molecule has 26 heavy (non-hydrogen) atoms. The van der Waals surface area contributed by atoms with E-state index in [9.17, 15) is 13.2 Å². The van der Waals surface area contributed by atoms with Gasteiger partial charge in [0.2, 0.25) is 22.7 Å². The first-order valence-corrected chi connectivity index (χ1v) is 9.43. The molecule has 2 aromatic carbocycles. The molecule has 3 rings (SSSR count). The molecule has 0 spiro atoms. The Hall–Kier alpha value is -2.78. The van der Waals surface area contributed by atoms with Gasteiger partial charge in [-0.1, -0.05) is 12.1 Å². The van der Waals surface area contributed by atoms with E-state index in [1.165, 1.54) is 12.1 Å². The van der Waals surface area contributed by atoms with Gasteiger partial charge in [-0.25, -0.2) is 13.6 Å². The second-order valence-electron chi connectivity index (χ2n) is 5.84. The van der Waals surface area contributed by atoms with Crippen LogP contribution in [-0.4, -0.2) is 27.2 Å². The predicted octanol–water partition coefficient (Wildman–Crippen LogP) is 1.18. The monoisotopic (exact) mass is 377 g/mol. The minimum absolute atomic E-state index is 0.0181. The number of carbonyl (C=O) groups excluding carboxylic acids is 1. The molecule has 0 fully saturated rings. The fourth-order valence-electron chi connectivity index (χ4n) is 2.47. The summed E-state index contributed by atoms with van der Waals surface area (Å²) in [4.78, 5) is 12.2. The van der Waals surface area contributed by atoms with E-state index in [4.69, 9.17) is 14.6 Å². The van der Waals surface area contributed by atoms with Crippen LogP contribution in [0.15, 0.2) is 47.4 Å². The third-order valence-corrected chi connectivity index (χ3v) is 4.75. The molecular weight excluding hydrogens is 358 g/mol. The Balaban J connectivity index is 1.58. The van der Waals surface area contributed by atoms with Crippen LogP contribution in [0.1, 0.15) is 12.5 Å². The molecule has 2 aromatic rings. The smallest absolute Gasteiger partial charge is 0.242 e. The molecule has 0 radical (unpaired) electrons. The lowest BCUT2D eigenvalue weighted by Crippen LogP contribution is -2.37. The largest absolute Gasteiger partial charge is 0.454 e. The van der Waals surface area contributed by atoms with Gasteiger partial charge in [0.25, 0.3) is 0 Å². The molecule has 0 saturated carbocycles. The van der Waals surface area contributed by atoms with Crippen LogP contribution < -0.4 is 25.2 Å². The van der Waals surface area contributed by atoms with Gasteiger partial charge in [0.1, 0.15) is 6.04 Å². The molecule has 4 N–H and O–H groups in total. The zero-order valence-electron chi connectivity index (χ0n) is 14.1. The molecular formula is C17H19N3O5S. The summed E-state index contributed by atoms with van der Waals surface area (Å²) in [6.07, 6.45) is 0. The first-order chi connectivity index (χ1) is 12.3. The number of nitrogens with two attached hydrogens (primary N) is 1. The Morgan fingerprint density at radius 1 is 1.19 bits per heavy atom. The number of nitrogens with one attached hydrogen (secondary N) is 2. The second-order valence-corrected chi connectivity index (χ2v) is 7.41. The van der Waals surface area contributed by atoms with Crippen molar-refractivity contribution in [2.24, 2.45) is 5.14 Å². The molecule has 1 heterocycles. The Bertz CT molecular complexity index is 930. The number of carbonyl (C=O) groups is 1. The molecule has 8 nitrogen and oxygen atoms in total. The quantitative estimate of drug-likeness (QED) is 0.695. The van der Waals surface area contributed by atoms with Crippen LogP contribution >= 0.6 is 0 Å². The maximum Gasteiger partial charge on any atom is 0.242 e. The van der Waals surface area contributed by atoms with Gasteiger partial charge < -0.3 is 20.1 Å². The van der Waals surface area contributed by atoms with Crippen molar-refractivity contribution in [3.8, 4) is 11.5 Å². The van der Waals surface area contributed by atoms with E-state index < -0.39 is 16.1 Å². The first kappa shape index (κ1) is 18.0. The summed E-state index contributed by atoms with van der Waals surface area (Å²) < 4.78 is 33.3. The van der Waals surface area contributed by atoms with Crippen molar-refractivity contribution < 1.29 is 22.7 Å². The maximum absolute atomic E-state index is 12.3. The van der Waals surface area contributed by atoms with Gasteiger partial charge >= 0.3 is 0 Å². The van der Waals surface area contributed by atoms with Crippen molar-refractivity contribution in [2.45, 2.75) is 24.4 Å². The fourth-order valence-corrected chi connectivity index (χ4v) is 3.03. The molecule has 1 amide bonds. The predicted molar refractivity (Wildman–Crippen MR) is 95.3 cm³/mol. The van der Waals surface area contributed by atoms with Crippen molar-refractivity contribution in [3.63, 3.8) is 0 Å². The molecule has 138 valence electrons. The van der Waals surface area contributed by atoms with Crippen LogP contribution in [0.3, 0.4) is 0 Å². The summed E-state index contributed by atoms with van der Waals surface area (Å²) in [7, 11) is -3.80. The molecule has 0 saturated heterocycles.